The van der Waals surface area contributed by atoms with Gasteiger partial charge in [0.15, 0.2) is 11.0 Å². The summed E-state index contributed by atoms with van der Waals surface area (Å²) in [7, 11) is -3.85. The van der Waals surface area contributed by atoms with Crippen LogP contribution in [0, 0.1) is 0 Å². The Morgan fingerprint density at radius 3 is 2.24 bits per heavy atom. The summed E-state index contributed by atoms with van der Waals surface area (Å²) in [5, 5.41) is 9.97. The van der Waals surface area contributed by atoms with Gasteiger partial charge in [0.25, 0.3) is 10.0 Å². The van der Waals surface area contributed by atoms with Crippen LogP contribution in [0.1, 0.15) is 18.1 Å². The van der Waals surface area contributed by atoms with E-state index in [4.69, 9.17) is 0 Å². The zero-order valence-electron chi connectivity index (χ0n) is 19.6. The molecular formula is C26H21F3N4O2S2. The van der Waals surface area contributed by atoms with Gasteiger partial charge in [0.2, 0.25) is 0 Å². The molecule has 0 fully saturated rings. The zero-order chi connectivity index (χ0) is 26.2. The summed E-state index contributed by atoms with van der Waals surface area (Å²) < 4.78 is 68.6. The van der Waals surface area contributed by atoms with Gasteiger partial charge in [-0.3, -0.25) is 0 Å². The zero-order valence-corrected chi connectivity index (χ0v) is 21.2. The fraction of sp³-hybridized carbons (Fsp3) is 0.154. The minimum absolute atomic E-state index is 0.173. The Kier molecular flexibility index (Phi) is 6.59. The summed E-state index contributed by atoms with van der Waals surface area (Å²) in [4.78, 5) is 0.173. The lowest BCUT2D eigenvalue weighted by Crippen LogP contribution is -2.11. The van der Waals surface area contributed by atoms with Crippen molar-refractivity contribution in [3.63, 3.8) is 0 Å². The number of hydrogen-bond donors (Lipinski definition) is 0. The second kappa shape index (κ2) is 9.71. The smallest absolute Gasteiger partial charge is 0.302 e. The molecule has 0 aliphatic carbocycles. The molecule has 37 heavy (non-hydrogen) atoms. The number of hydrogen-bond acceptors (Lipinski definition) is 5. The predicted octanol–water partition coefficient (Wildman–Crippen LogP) is 6.47. The van der Waals surface area contributed by atoms with Gasteiger partial charge < -0.3 is 4.57 Å². The van der Waals surface area contributed by atoms with Crippen LogP contribution in [0.15, 0.2) is 95.1 Å². The van der Waals surface area contributed by atoms with E-state index in [1.54, 1.807) is 48.7 Å². The number of benzene rings is 3. The van der Waals surface area contributed by atoms with Crippen molar-refractivity contribution in [3.05, 3.63) is 96.2 Å². The molecule has 6 nitrogen and oxygen atoms in total. The van der Waals surface area contributed by atoms with Crippen LogP contribution in [0.3, 0.4) is 0 Å². The molecule has 5 rings (SSSR count). The molecule has 2 aromatic heterocycles. The predicted molar refractivity (Wildman–Crippen MR) is 137 cm³/mol. The molecule has 0 spiro atoms. The topological polar surface area (TPSA) is 69.8 Å². The number of aromatic nitrogens is 4. The number of nitrogens with zero attached hydrogens (tertiary/aromatic N) is 4. The molecule has 0 bridgehead atoms. The van der Waals surface area contributed by atoms with Gasteiger partial charge in [-0.2, -0.15) is 13.2 Å². The minimum atomic E-state index is -4.38. The molecule has 0 unspecified atom stereocenters. The van der Waals surface area contributed by atoms with E-state index in [1.165, 1.54) is 27.9 Å². The molecule has 0 N–H and O–H groups in total. The molecular weight excluding hydrogens is 521 g/mol. The first-order valence-electron chi connectivity index (χ1n) is 11.3. The van der Waals surface area contributed by atoms with E-state index in [9.17, 15) is 21.6 Å². The minimum Gasteiger partial charge on any atom is -0.302 e. The number of alkyl halides is 3. The number of rotatable bonds is 7. The average Bonchev–Trinajstić information content (AvgIpc) is 3.49. The number of halogens is 3. The maximum Gasteiger partial charge on any atom is 0.416 e. The quantitative estimate of drug-likeness (QED) is 0.221. The van der Waals surface area contributed by atoms with E-state index in [-0.39, 0.29) is 4.90 Å². The maximum absolute atomic E-state index is 13.4. The molecule has 5 aromatic rings. The van der Waals surface area contributed by atoms with Crippen molar-refractivity contribution in [2.24, 2.45) is 0 Å². The Labute approximate surface area is 215 Å². The average molecular weight is 543 g/mol. The maximum atomic E-state index is 13.4. The molecule has 0 saturated heterocycles. The van der Waals surface area contributed by atoms with E-state index in [2.05, 4.69) is 10.2 Å². The summed E-state index contributed by atoms with van der Waals surface area (Å²) in [5.74, 6) is 0.913. The van der Waals surface area contributed by atoms with Crippen molar-refractivity contribution in [2.45, 2.75) is 35.4 Å². The van der Waals surface area contributed by atoms with Gasteiger partial charge in [0, 0.05) is 29.4 Å². The first kappa shape index (κ1) is 25.1. The third-order valence-corrected chi connectivity index (χ3v) is 8.63. The van der Waals surface area contributed by atoms with Crippen LogP contribution in [0.4, 0.5) is 13.2 Å². The summed E-state index contributed by atoms with van der Waals surface area (Å²) in [6.07, 6.45) is -2.82. The van der Waals surface area contributed by atoms with Gasteiger partial charge >= 0.3 is 6.18 Å². The van der Waals surface area contributed by atoms with Gasteiger partial charge in [0.05, 0.1) is 16.0 Å². The number of para-hydroxylation sites is 1. The molecule has 0 radical (unpaired) electrons. The van der Waals surface area contributed by atoms with Crippen LogP contribution in [0.25, 0.3) is 22.3 Å². The van der Waals surface area contributed by atoms with E-state index in [1.807, 2.05) is 23.6 Å². The molecule has 0 aliphatic heterocycles. The van der Waals surface area contributed by atoms with Crippen LogP contribution in [-0.2, 0) is 28.5 Å². The molecule has 0 atom stereocenters. The Balaban J connectivity index is 1.50. The molecule has 190 valence electrons. The van der Waals surface area contributed by atoms with Gasteiger partial charge in [0.1, 0.15) is 0 Å². The number of thioether (sulfide) groups is 1. The Morgan fingerprint density at radius 2 is 1.57 bits per heavy atom. The second-order valence-electron chi connectivity index (χ2n) is 8.21. The molecule has 3 aromatic carbocycles. The lowest BCUT2D eigenvalue weighted by molar-refractivity contribution is -0.137. The fourth-order valence-corrected chi connectivity index (χ4v) is 6.40. The van der Waals surface area contributed by atoms with Crippen molar-refractivity contribution in [3.8, 4) is 11.4 Å². The SMILES string of the molecule is CCn1c(SCc2ccc(C(F)(F)F)cc2)nnc1-c1cn(S(=O)(=O)c2ccccc2)c2ccccc12. The molecule has 0 amide bonds. The fourth-order valence-electron chi connectivity index (χ4n) is 4.05. The molecule has 2 heterocycles. The largest absolute Gasteiger partial charge is 0.416 e. The van der Waals surface area contributed by atoms with Crippen LogP contribution in [0.5, 0.6) is 0 Å². The van der Waals surface area contributed by atoms with Crippen molar-refractivity contribution in [1.29, 1.82) is 0 Å². The first-order chi connectivity index (χ1) is 17.7. The van der Waals surface area contributed by atoms with E-state index in [0.717, 1.165) is 17.7 Å². The van der Waals surface area contributed by atoms with Gasteiger partial charge in [-0.25, -0.2) is 12.4 Å². The summed E-state index contributed by atoms with van der Waals surface area (Å²) in [6.45, 7) is 2.44. The Bertz CT molecular complexity index is 1660. The first-order valence-corrected chi connectivity index (χ1v) is 13.8. The summed E-state index contributed by atoms with van der Waals surface area (Å²) in [5.41, 5.74) is 1.16. The van der Waals surface area contributed by atoms with Crippen molar-refractivity contribution >= 4 is 32.7 Å². The summed E-state index contributed by atoms with van der Waals surface area (Å²) in [6, 6.07) is 20.4. The Hall–Kier alpha value is -3.57. The second-order valence-corrected chi connectivity index (χ2v) is 11.0. The standard InChI is InChI=1S/C26H21F3N4O2S2/c1-2-32-24(30-31-25(32)36-17-18-12-14-19(15-13-18)26(27,28)29)22-16-33(23-11-7-6-10-21(22)23)37(34,35)20-8-4-3-5-9-20/h3-16H,2,17H2,1H3. The highest BCUT2D eigenvalue weighted by Gasteiger charge is 2.30. The van der Waals surface area contributed by atoms with Crippen molar-refractivity contribution in [1.82, 2.24) is 18.7 Å². The molecule has 11 heteroatoms. The van der Waals surface area contributed by atoms with Crippen LogP contribution in [0.2, 0.25) is 0 Å². The van der Waals surface area contributed by atoms with Crippen molar-refractivity contribution < 1.29 is 21.6 Å². The third kappa shape index (κ3) is 4.76. The van der Waals surface area contributed by atoms with Crippen LogP contribution < -0.4 is 0 Å². The monoisotopic (exact) mass is 542 g/mol. The Morgan fingerprint density at radius 1 is 0.892 bits per heavy atom. The number of fused-ring (bicyclic) bond motifs is 1. The summed E-state index contributed by atoms with van der Waals surface area (Å²) >= 11 is 1.35. The van der Waals surface area contributed by atoms with Gasteiger partial charge in [-0.15, -0.1) is 10.2 Å². The van der Waals surface area contributed by atoms with E-state index >= 15 is 0 Å². The van der Waals surface area contributed by atoms with Crippen LogP contribution >= 0.6 is 11.8 Å². The highest BCUT2D eigenvalue weighted by atomic mass is 32.2. The lowest BCUT2D eigenvalue weighted by atomic mass is 10.1. The van der Waals surface area contributed by atoms with Crippen molar-refractivity contribution in [2.75, 3.05) is 0 Å². The molecule has 0 aliphatic rings. The third-order valence-electron chi connectivity index (χ3n) is 5.90. The van der Waals surface area contributed by atoms with Gasteiger partial charge in [-0.1, -0.05) is 60.3 Å². The van der Waals surface area contributed by atoms with E-state index in [0.29, 0.717) is 39.7 Å². The highest BCUT2D eigenvalue weighted by Crippen LogP contribution is 2.35. The van der Waals surface area contributed by atoms with Gasteiger partial charge in [-0.05, 0) is 42.8 Å². The highest BCUT2D eigenvalue weighted by molar-refractivity contribution is 7.98. The van der Waals surface area contributed by atoms with E-state index < -0.39 is 21.8 Å². The van der Waals surface area contributed by atoms with Crippen LogP contribution in [-0.4, -0.2) is 27.2 Å². The lowest BCUT2D eigenvalue weighted by Gasteiger charge is -2.09. The molecule has 0 saturated carbocycles. The normalized spacial score (nSPS) is 12.3.